The fourth-order valence-corrected chi connectivity index (χ4v) is 4.20. The average Bonchev–Trinajstić information content (AvgIpc) is 2.82. The summed E-state index contributed by atoms with van der Waals surface area (Å²) < 4.78 is 51.0. The van der Waals surface area contributed by atoms with Crippen molar-refractivity contribution in [3.05, 3.63) is 23.2 Å². The van der Waals surface area contributed by atoms with Gasteiger partial charge >= 0.3 is 18.1 Å². The van der Waals surface area contributed by atoms with Crippen LogP contribution in [0, 0.1) is 11.3 Å². The molecule has 1 aromatic carbocycles. The number of hydrogen-bond donors (Lipinski definition) is 2. The molecule has 1 aliphatic carbocycles. The minimum atomic E-state index is -5.00. The second kappa shape index (κ2) is 6.65. The number of benzene rings is 1. The molecule has 0 radical (unpaired) electrons. The standard InChI is InChI=1S/C18H22ClF3N2O3/c1-10-6-12(9-16(2,3)8-10)23-15(25)24-18(17(20,21)22)26-13-5-4-11(19)7-14(13)27-18/h4-5,7,10,12H,6,8-9H2,1-3H3,(H2,23,24,25)/t10-,12-,18+/m1/s1. The molecule has 1 saturated carbocycles. The molecule has 9 heteroatoms. The first-order valence-electron chi connectivity index (χ1n) is 8.72. The highest BCUT2D eigenvalue weighted by Gasteiger charge is 2.65. The number of urea groups is 1. The summed E-state index contributed by atoms with van der Waals surface area (Å²) >= 11 is 5.79. The Balaban J connectivity index is 1.74. The van der Waals surface area contributed by atoms with E-state index in [0.717, 1.165) is 6.42 Å². The lowest BCUT2D eigenvalue weighted by Gasteiger charge is -2.39. The Hall–Kier alpha value is -1.83. The highest BCUT2D eigenvalue weighted by Crippen LogP contribution is 2.46. The van der Waals surface area contributed by atoms with Crippen LogP contribution in [0.5, 0.6) is 11.5 Å². The summed E-state index contributed by atoms with van der Waals surface area (Å²) in [7, 11) is 0. The van der Waals surface area contributed by atoms with E-state index in [2.05, 4.69) is 26.1 Å². The molecule has 1 fully saturated rings. The number of fused-ring (bicyclic) bond motifs is 1. The Morgan fingerprint density at radius 2 is 1.89 bits per heavy atom. The van der Waals surface area contributed by atoms with Gasteiger partial charge < -0.3 is 14.8 Å². The van der Waals surface area contributed by atoms with Crippen LogP contribution in [0.1, 0.15) is 40.0 Å². The van der Waals surface area contributed by atoms with Crippen LogP contribution in [0.2, 0.25) is 5.02 Å². The van der Waals surface area contributed by atoms with Crippen molar-refractivity contribution in [1.29, 1.82) is 0 Å². The molecule has 0 unspecified atom stereocenters. The number of ether oxygens (including phenoxy) is 2. The zero-order chi connectivity index (χ0) is 20.0. The molecule has 5 nitrogen and oxygen atoms in total. The van der Waals surface area contributed by atoms with Crippen molar-refractivity contribution in [2.24, 2.45) is 11.3 Å². The minimum absolute atomic E-state index is 0.00463. The van der Waals surface area contributed by atoms with Crippen LogP contribution in [0.4, 0.5) is 18.0 Å². The Morgan fingerprint density at radius 1 is 1.22 bits per heavy atom. The van der Waals surface area contributed by atoms with E-state index in [0.29, 0.717) is 18.8 Å². The maximum atomic E-state index is 13.7. The summed E-state index contributed by atoms with van der Waals surface area (Å²) in [5.41, 5.74) is 0.00463. The molecule has 0 aromatic heterocycles. The van der Waals surface area contributed by atoms with E-state index >= 15 is 0 Å². The van der Waals surface area contributed by atoms with Crippen molar-refractivity contribution in [1.82, 2.24) is 10.6 Å². The predicted molar refractivity (Wildman–Crippen MR) is 93.7 cm³/mol. The summed E-state index contributed by atoms with van der Waals surface area (Å²) in [6.07, 6.45) is -2.62. The molecule has 2 aliphatic rings. The predicted octanol–water partition coefficient (Wildman–Crippen LogP) is 4.84. The zero-order valence-electron chi connectivity index (χ0n) is 15.2. The van der Waals surface area contributed by atoms with Gasteiger partial charge in [-0.1, -0.05) is 32.4 Å². The van der Waals surface area contributed by atoms with E-state index < -0.39 is 18.1 Å². The molecular weight excluding hydrogens is 385 g/mol. The van der Waals surface area contributed by atoms with Gasteiger partial charge in [0.05, 0.1) is 0 Å². The molecular formula is C18H22ClF3N2O3. The molecule has 3 atom stereocenters. The summed E-state index contributed by atoms with van der Waals surface area (Å²) in [5, 5.41) is 4.65. The van der Waals surface area contributed by atoms with Gasteiger partial charge in [0.25, 0.3) is 0 Å². The topological polar surface area (TPSA) is 59.6 Å². The van der Waals surface area contributed by atoms with Gasteiger partial charge in [0.2, 0.25) is 0 Å². The normalized spacial score (nSPS) is 29.3. The third-order valence-corrected chi connectivity index (χ3v) is 5.02. The van der Waals surface area contributed by atoms with E-state index in [1.54, 1.807) is 0 Å². The molecule has 2 N–H and O–H groups in total. The third kappa shape index (κ3) is 4.20. The van der Waals surface area contributed by atoms with Crippen LogP contribution >= 0.6 is 11.6 Å². The molecule has 0 saturated heterocycles. The number of nitrogens with one attached hydrogen (secondary N) is 2. The number of alkyl halides is 3. The molecule has 27 heavy (non-hydrogen) atoms. The largest absolute Gasteiger partial charge is 0.492 e. The van der Waals surface area contributed by atoms with Gasteiger partial charge in [-0.05, 0) is 42.7 Å². The molecule has 0 bridgehead atoms. The maximum Gasteiger partial charge on any atom is 0.492 e. The number of amides is 2. The first-order chi connectivity index (χ1) is 12.4. The number of carbonyl (C=O) groups excluding carboxylic acids is 1. The van der Waals surface area contributed by atoms with Crippen LogP contribution in [-0.2, 0) is 0 Å². The van der Waals surface area contributed by atoms with Crippen molar-refractivity contribution in [3.63, 3.8) is 0 Å². The molecule has 1 heterocycles. The van der Waals surface area contributed by atoms with Gasteiger partial charge in [0, 0.05) is 17.1 Å². The highest BCUT2D eigenvalue weighted by molar-refractivity contribution is 6.30. The van der Waals surface area contributed by atoms with Crippen LogP contribution < -0.4 is 20.1 Å². The van der Waals surface area contributed by atoms with Crippen molar-refractivity contribution in [3.8, 4) is 11.5 Å². The Morgan fingerprint density at radius 3 is 2.52 bits per heavy atom. The van der Waals surface area contributed by atoms with E-state index in [-0.39, 0.29) is 28.0 Å². The number of halogens is 4. The van der Waals surface area contributed by atoms with Crippen molar-refractivity contribution < 1.29 is 27.4 Å². The van der Waals surface area contributed by atoms with Gasteiger partial charge in [0.1, 0.15) is 0 Å². The number of rotatable bonds is 2. The van der Waals surface area contributed by atoms with Crippen LogP contribution in [0.25, 0.3) is 0 Å². The summed E-state index contributed by atoms with van der Waals surface area (Å²) in [5.74, 6) is -3.27. The van der Waals surface area contributed by atoms with E-state index in [1.165, 1.54) is 18.2 Å². The van der Waals surface area contributed by atoms with Crippen LogP contribution in [0.3, 0.4) is 0 Å². The van der Waals surface area contributed by atoms with E-state index in [1.807, 2.05) is 5.32 Å². The average molecular weight is 407 g/mol. The Kier molecular flexibility index (Phi) is 4.91. The molecule has 0 spiro atoms. The molecule has 1 aliphatic heterocycles. The quantitative estimate of drug-likeness (QED) is 0.738. The molecule has 3 rings (SSSR count). The van der Waals surface area contributed by atoms with Gasteiger partial charge in [-0.3, -0.25) is 5.32 Å². The number of carbonyl (C=O) groups is 1. The van der Waals surface area contributed by atoms with Gasteiger partial charge in [-0.15, -0.1) is 0 Å². The molecule has 150 valence electrons. The maximum absolute atomic E-state index is 13.7. The Labute approximate surface area is 160 Å². The zero-order valence-corrected chi connectivity index (χ0v) is 16.0. The smallest absolute Gasteiger partial charge is 0.424 e. The lowest BCUT2D eigenvalue weighted by molar-refractivity contribution is -0.317. The van der Waals surface area contributed by atoms with Gasteiger partial charge in [-0.2, -0.15) is 13.2 Å². The highest BCUT2D eigenvalue weighted by atomic mass is 35.5. The van der Waals surface area contributed by atoms with Crippen molar-refractivity contribution >= 4 is 17.6 Å². The first kappa shape index (κ1) is 19.9. The fourth-order valence-electron chi connectivity index (χ4n) is 4.04. The van der Waals surface area contributed by atoms with Crippen LogP contribution in [0.15, 0.2) is 18.2 Å². The second-order valence-corrected chi connectivity index (χ2v) is 8.55. The SMILES string of the molecule is C[C@@H]1C[C@@H](NC(=O)N[C@@]2(C(F)(F)F)Oc3ccc(Cl)cc3O2)CC(C)(C)C1. The van der Waals surface area contributed by atoms with E-state index in [4.69, 9.17) is 21.1 Å². The fraction of sp³-hybridized carbons (Fsp3) is 0.611. The lowest BCUT2D eigenvalue weighted by atomic mass is 9.71. The molecule has 2 amide bonds. The summed E-state index contributed by atoms with van der Waals surface area (Å²) in [4.78, 5) is 12.3. The van der Waals surface area contributed by atoms with Gasteiger partial charge in [0.15, 0.2) is 11.5 Å². The third-order valence-electron chi connectivity index (χ3n) is 4.79. The monoisotopic (exact) mass is 406 g/mol. The Bertz CT molecular complexity index is 741. The van der Waals surface area contributed by atoms with Gasteiger partial charge in [-0.25, -0.2) is 4.79 Å². The minimum Gasteiger partial charge on any atom is -0.424 e. The molecule has 1 aromatic rings. The van der Waals surface area contributed by atoms with Crippen molar-refractivity contribution in [2.45, 2.75) is 58.2 Å². The van der Waals surface area contributed by atoms with Crippen LogP contribution in [-0.4, -0.2) is 24.2 Å². The van der Waals surface area contributed by atoms with Crippen molar-refractivity contribution in [2.75, 3.05) is 0 Å². The second-order valence-electron chi connectivity index (χ2n) is 8.12. The van der Waals surface area contributed by atoms with E-state index in [9.17, 15) is 18.0 Å². The lowest BCUT2D eigenvalue weighted by Crippen LogP contribution is -2.67. The summed E-state index contributed by atoms with van der Waals surface area (Å²) in [6, 6.07) is 2.61. The first-order valence-corrected chi connectivity index (χ1v) is 9.10. The summed E-state index contributed by atoms with van der Waals surface area (Å²) in [6.45, 7) is 6.22. The number of hydrogen-bond acceptors (Lipinski definition) is 3.